The Morgan fingerprint density at radius 3 is 2.32 bits per heavy atom. The molecule has 3 heteroatoms. The molecule has 0 spiro atoms. The van der Waals surface area contributed by atoms with Crippen molar-refractivity contribution in [3.05, 3.63) is 68.5 Å². The van der Waals surface area contributed by atoms with Crippen LogP contribution in [0.25, 0.3) is 0 Å². The third kappa shape index (κ3) is 3.35. The lowest BCUT2D eigenvalue weighted by molar-refractivity contribution is 0.589. The Hall–Kier alpha value is -1.35. The van der Waals surface area contributed by atoms with Crippen LogP contribution in [0.4, 0.5) is 0 Å². The van der Waals surface area contributed by atoms with Gasteiger partial charge in [0.05, 0.1) is 11.0 Å². The number of hydrogen-bond donors (Lipinski definition) is 0. The van der Waals surface area contributed by atoms with Crippen LogP contribution in [0, 0.1) is 0 Å². The van der Waals surface area contributed by atoms with Gasteiger partial charge in [-0.05, 0) is 44.6 Å². The molecule has 0 saturated carbocycles. The maximum Gasteiger partial charge on any atom is 0.265 e. The minimum absolute atomic E-state index is 0.00222. The van der Waals surface area contributed by atoms with Crippen molar-refractivity contribution in [3.63, 3.8) is 0 Å². The summed E-state index contributed by atoms with van der Waals surface area (Å²) in [5.74, 6) is 0. The Morgan fingerprint density at radius 2 is 1.74 bits per heavy atom. The number of halogens is 1. The molecule has 1 aromatic carbocycles. The Bertz CT molecular complexity index is 620. The summed E-state index contributed by atoms with van der Waals surface area (Å²) >= 11 is 3.26. The minimum atomic E-state index is 0.00222. The van der Waals surface area contributed by atoms with Crippen molar-refractivity contribution >= 4 is 15.9 Å². The average molecular weight is 320 g/mol. The van der Waals surface area contributed by atoms with Gasteiger partial charge in [0.15, 0.2) is 0 Å². The van der Waals surface area contributed by atoms with E-state index in [-0.39, 0.29) is 11.0 Å². The highest BCUT2D eigenvalue weighted by Gasteiger charge is 2.12. The van der Waals surface area contributed by atoms with Gasteiger partial charge in [0.1, 0.15) is 0 Å². The third-order valence-corrected chi connectivity index (χ3v) is 3.75. The van der Waals surface area contributed by atoms with Gasteiger partial charge in [-0.25, -0.2) is 0 Å². The molecule has 0 fully saturated rings. The van der Waals surface area contributed by atoms with Crippen molar-refractivity contribution in [1.29, 1.82) is 0 Å². The van der Waals surface area contributed by atoms with Gasteiger partial charge in [-0.1, -0.05) is 45.0 Å². The highest BCUT2D eigenvalue weighted by molar-refractivity contribution is 9.10. The molecule has 0 saturated heterocycles. The quantitative estimate of drug-likeness (QED) is 0.821. The van der Waals surface area contributed by atoms with Crippen LogP contribution in [0.1, 0.15) is 31.9 Å². The van der Waals surface area contributed by atoms with Crippen molar-refractivity contribution in [3.8, 4) is 0 Å². The smallest absolute Gasteiger partial charge is 0.265 e. The number of aromatic nitrogens is 1. The molecule has 2 aromatic rings. The number of rotatable bonds is 2. The zero-order valence-electron chi connectivity index (χ0n) is 11.5. The fourth-order valence-electron chi connectivity index (χ4n) is 1.94. The van der Waals surface area contributed by atoms with Crippen molar-refractivity contribution in [2.24, 2.45) is 0 Å². The fourth-order valence-corrected chi connectivity index (χ4v) is 2.32. The molecule has 0 unspecified atom stereocenters. The SMILES string of the molecule is CC(C)(C)c1ccc(Cn2cccc(Br)c2=O)cc1. The van der Waals surface area contributed by atoms with E-state index in [0.717, 1.165) is 5.56 Å². The van der Waals surface area contributed by atoms with Crippen LogP contribution in [0.5, 0.6) is 0 Å². The van der Waals surface area contributed by atoms with Crippen molar-refractivity contribution in [2.45, 2.75) is 32.7 Å². The lowest BCUT2D eigenvalue weighted by Crippen LogP contribution is -2.20. The second-order valence-corrected chi connectivity index (χ2v) is 6.59. The number of benzene rings is 1. The van der Waals surface area contributed by atoms with Crippen LogP contribution < -0.4 is 5.56 Å². The molecule has 2 nitrogen and oxygen atoms in total. The lowest BCUT2D eigenvalue weighted by atomic mass is 9.87. The predicted octanol–water partition coefficient (Wildman–Crippen LogP) is 3.96. The lowest BCUT2D eigenvalue weighted by Gasteiger charge is -2.19. The molecule has 19 heavy (non-hydrogen) atoms. The minimum Gasteiger partial charge on any atom is -0.310 e. The summed E-state index contributed by atoms with van der Waals surface area (Å²) in [6.07, 6.45) is 1.81. The van der Waals surface area contributed by atoms with Crippen molar-refractivity contribution < 1.29 is 0 Å². The second kappa shape index (κ2) is 5.33. The fraction of sp³-hybridized carbons (Fsp3) is 0.312. The van der Waals surface area contributed by atoms with Crippen LogP contribution in [0.2, 0.25) is 0 Å². The molecular formula is C16H18BrNO. The predicted molar refractivity (Wildman–Crippen MR) is 82.6 cm³/mol. The summed E-state index contributed by atoms with van der Waals surface area (Å²) in [5.41, 5.74) is 2.60. The zero-order valence-corrected chi connectivity index (χ0v) is 13.1. The molecule has 0 aliphatic rings. The zero-order chi connectivity index (χ0) is 14.0. The molecule has 0 bridgehead atoms. The van der Waals surface area contributed by atoms with Gasteiger partial charge in [-0.3, -0.25) is 4.79 Å². The molecule has 100 valence electrons. The van der Waals surface area contributed by atoms with Gasteiger partial charge in [0.25, 0.3) is 5.56 Å². The second-order valence-electron chi connectivity index (χ2n) is 5.74. The summed E-state index contributed by atoms with van der Waals surface area (Å²) < 4.78 is 2.30. The average Bonchev–Trinajstić information content (AvgIpc) is 2.35. The van der Waals surface area contributed by atoms with E-state index in [1.54, 1.807) is 10.6 Å². The number of hydrogen-bond acceptors (Lipinski definition) is 1. The Kier molecular flexibility index (Phi) is 3.95. The van der Waals surface area contributed by atoms with Crippen LogP contribution in [0.15, 0.2) is 51.9 Å². The van der Waals surface area contributed by atoms with E-state index < -0.39 is 0 Å². The van der Waals surface area contributed by atoms with Crippen LogP contribution in [-0.2, 0) is 12.0 Å². The van der Waals surface area contributed by atoms with Gasteiger partial charge in [-0.15, -0.1) is 0 Å². The Morgan fingerprint density at radius 1 is 1.11 bits per heavy atom. The number of pyridine rings is 1. The molecule has 0 radical (unpaired) electrons. The van der Waals surface area contributed by atoms with Gasteiger partial charge in [-0.2, -0.15) is 0 Å². The monoisotopic (exact) mass is 319 g/mol. The molecule has 0 atom stereocenters. The summed E-state index contributed by atoms with van der Waals surface area (Å²) in [5, 5.41) is 0. The molecule has 0 aliphatic carbocycles. The Labute approximate surface area is 122 Å². The maximum atomic E-state index is 11.9. The topological polar surface area (TPSA) is 22.0 Å². The summed E-state index contributed by atoms with van der Waals surface area (Å²) in [6.45, 7) is 7.19. The van der Waals surface area contributed by atoms with Gasteiger partial charge in [0, 0.05) is 6.20 Å². The van der Waals surface area contributed by atoms with E-state index in [9.17, 15) is 4.79 Å². The summed E-state index contributed by atoms with van der Waals surface area (Å²) in [7, 11) is 0. The molecule has 1 aromatic heterocycles. The summed E-state index contributed by atoms with van der Waals surface area (Å²) in [6, 6.07) is 12.1. The molecule has 0 N–H and O–H groups in total. The summed E-state index contributed by atoms with van der Waals surface area (Å²) in [4.78, 5) is 11.9. The molecule has 2 rings (SSSR count). The van der Waals surface area contributed by atoms with Crippen LogP contribution in [-0.4, -0.2) is 4.57 Å². The maximum absolute atomic E-state index is 11.9. The normalized spacial score (nSPS) is 11.6. The third-order valence-electron chi connectivity index (χ3n) is 3.15. The standard InChI is InChI=1S/C16H18BrNO/c1-16(2,3)13-8-6-12(7-9-13)11-18-10-4-5-14(17)15(18)19/h4-10H,11H2,1-3H3. The first-order valence-electron chi connectivity index (χ1n) is 6.32. The van der Waals surface area contributed by atoms with Crippen LogP contribution >= 0.6 is 15.9 Å². The van der Waals surface area contributed by atoms with Crippen molar-refractivity contribution in [1.82, 2.24) is 4.57 Å². The molecule has 0 aliphatic heterocycles. The molecule has 1 heterocycles. The van der Waals surface area contributed by atoms with Gasteiger partial charge in [0.2, 0.25) is 0 Å². The van der Waals surface area contributed by atoms with Crippen molar-refractivity contribution in [2.75, 3.05) is 0 Å². The number of nitrogens with zero attached hydrogens (tertiary/aromatic N) is 1. The molecule has 0 amide bonds. The highest BCUT2D eigenvalue weighted by atomic mass is 79.9. The van der Waals surface area contributed by atoms with Gasteiger partial charge < -0.3 is 4.57 Å². The van der Waals surface area contributed by atoms with E-state index in [0.29, 0.717) is 11.0 Å². The Balaban J connectivity index is 2.25. The van der Waals surface area contributed by atoms with E-state index >= 15 is 0 Å². The van der Waals surface area contributed by atoms with Crippen LogP contribution in [0.3, 0.4) is 0 Å². The largest absolute Gasteiger partial charge is 0.310 e. The van der Waals surface area contributed by atoms with E-state index in [1.165, 1.54) is 5.56 Å². The van der Waals surface area contributed by atoms with E-state index in [1.807, 2.05) is 12.3 Å². The van der Waals surface area contributed by atoms with E-state index in [2.05, 4.69) is 61.0 Å². The first-order valence-corrected chi connectivity index (χ1v) is 7.11. The van der Waals surface area contributed by atoms with Gasteiger partial charge >= 0.3 is 0 Å². The highest BCUT2D eigenvalue weighted by Crippen LogP contribution is 2.22. The van der Waals surface area contributed by atoms with E-state index in [4.69, 9.17) is 0 Å². The first kappa shape index (κ1) is 14.1. The molecular weight excluding hydrogens is 302 g/mol. The first-order chi connectivity index (χ1) is 8.88.